The number of hydrogen-bond donors (Lipinski definition) is 1. The van der Waals surface area contributed by atoms with Crippen molar-refractivity contribution in [3.05, 3.63) is 0 Å². The number of hydrogen-bond acceptors (Lipinski definition) is 3. The van der Waals surface area contributed by atoms with E-state index < -0.39 is 26.2 Å². The summed E-state index contributed by atoms with van der Waals surface area (Å²) >= 11 is 5.04. The molecule has 1 unspecified atom stereocenters. The predicted octanol–water partition coefficient (Wildman–Crippen LogP) is 0.247. The summed E-state index contributed by atoms with van der Waals surface area (Å²) in [6.07, 6.45) is 0. The van der Waals surface area contributed by atoms with Gasteiger partial charge < -0.3 is 5.11 Å². The van der Waals surface area contributed by atoms with Crippen LogP contribution in [0, 0.1) is 0 Å². The number of halogens is 2. The Kier molecular flexibility index (Phi) is 3.41. The summed E-state index contributed by atoms with van der Waals surface area (Å²) < 4.78 is 20.3. The smallest absolute Gasteiger partial charge is 0.322 e. The molecule has 1 atom stereocenters. The first-order chi connectivity index (χ1) is 4.33. The summed E-state index contributed by atoms with van der Waals surface area (Å²) in [6, 6.07) is 0. The highest BCUT2D eigenvalue weighted by atomic mass is 35.7. The largest absolute Gasteiger partial charge is 0.480 e. The van der Waals surface area contributed by atoms with Crippen molar-refractivity contribution < 1.29 is 18.3 Å². The van der Waals surface area contributed by atoms with E-state index >= 15 is 0 Å². The third-order valence-corrected chi connectivity index (χ3v) is 2.25. The first kappa shape index (κ1) is 10.0. The Morgan fingerprint density at radius 1 is 1.60 bits per heavy atom. The Morgan fingerprint density at radius 3 is 2.10 bits per heavy atom. The highest BCUT2D eigenvalue weighted by Crippen LogP contribution is 2.04. The fourth-order valence-corrected chi connectivity index (χ4v) is 1.81. The number of rotatable bonds is 3. The van der Waals surface area contributed by atoms with Gasteiger partial charge in [0.05, 0.1) is 5.75 Å². The zero-order valence-corrected chi connectivity index (χ0v) is 6.95. The molecule has 0 spiro atoms. The minimum Gasteiger partial charge on any atom is -0.480 e. The summed E-state index contributed by atoms with van der Waals surface area (Å²) in [6.45, 7) is 0. The van der Waals surface area contributed by atoms with Gasteiger partial charge in [-0.2, -0.15) is 0 Å². The average Bonchev–Trinajstić information content (AvgIpc) is 1.60. The highest BCUT2D eigenvalue weighted by Gasteiger charge is 2.20. The lowest BCUT2D eigenvalue weighted by Gasteiger charge is -1.97. The minimum absolute atomic E-state index is 0.758. The lowest BCUT2D eigenvalue weighted by molar-refractivity contribution is -0.136. The van der Waals surface area contributed by atoms with Gasteiger partial charge in [0.25, 0.3) is 0 Å². The number of alkyl halides is 1. The fraction of sp³-hybridized carbons (Fsp3) is 0.667. The van der Waals surface area contributed by atoms with E-state index in [0.717, 1.165) is 0 Å². The lowest BCUT2D eigenvalue weighted by Crippen LogP contribution is -2.21. The Morgan fingerprint density at radius 2 is 2.00 bits per heavy atom. The molecular weight excluding hydrogens is 203 g/mol. The van der Waals surface area contributed by atoms with Gasteiger partial charge in [-0.1, -0.05) is 0 Å². The van der Waals surface area contributed by atoms with Crippen molar-refractivity contribution in [1.29, 1.82) is 0 Å². The van der Waals surface area contributed by atoms with Crippen LogP contribution in [0.4, 0.5) is 0 Å². The first-order valence-electron chi connectivity index (χ1n) is 2.12. The topological polar surface area (TPSA) is 71.4 Å². The Labute approximate surface area is 67.2 Å². The van der Waals surface area contributed by atoms with E-state index in [9.17, 15) is 13.2 Å². The summed E-state index contributed by atoms with van der Waals surface area (Å²) in [7, 11) is 0.888. The van der Waals surface area contributed by atoms with Gasteiger partial charge in [-0.05, 0) is 0 Å². The normalized spacial score (nSPS) is 14.6. The van der Waals surface area contributed by atoms with Crippen molar-refractivity contribution in [2.75, 3.05) is 5.75 Å². The fourth-order valence-electron chi connectivity index (χ4n) is 0.246. The van der Waals surface area contributed by atoms with Gasteiger partial charge in [-0.25, -0.2) is 8.42 Å². The molecule has 0 aromatic rings. The summed E-state index contributed by atoms with van der Waals surface area (Å²) in [5.74, 6) is -2.16. The van der Waals surface area contributed by atoms with Crippen LogP contribution in [0.25, 0.3) is 0 Å². The van der Waals surface area contributed by atoms with Crippen molar-refractivity contribution in [1.82, 2.24) is 0 Å². The van der Waals surface area contributed by atoms with Crippen LogP contribution in [0.15, 0.2) is 0 Å². The second kappa shape index (κ2) is 3.41. The molecule has 0 radical (unpaired) electrons. The van der Waals surface area contributed by atoms with E-state index in [-0.39, 0.29) is 0 Å². The van der Waals surface area contributed by atoms with E-state index in [0.29, 0.717) is 0 Å². The van der Waals surface area contributed by atoms with Crippen molar-refractivity contribution in [2.45, 2.75) is 5.38 Å². The zero-order valence-electron chi connectivity index (χ0n) is 4.62. The molecule has 7 heteroatoms. The molecule has 4 nitrogen and oxygen atoms in total. The van der Waals surface area contributed by atoms with Crippen molar-refractivity contribution >= 4 is 37.3 Å². The molecule has 1 N–H and O–H groups in total. The van der Waals surface area contributed by atoms with Gasteiger partial charge >= 0.3 is 5.97 Å². The van der Waals surface area contributed by atoms with Crippen LogP contribution in [0.5, 0.6) is 0 Å². The lowest BCUT2D eigenvalue weighted by atomic mass is 10.5. The summed E-state index contributed by atoms with van der Waals surface area (Å²) in [4.78, 5) is 9.92. The molecule has 10 heavy (non-hydrogen) atoms. The van der Waals surface area contributed by atoms with Crippen molar-refractivity contribution in [3.8, 4) is 0 Å². The van der Waals surface area contributed by atoms with Crippen LogP contribution in [0.1, 0.15) is 0 Å². The molecule has 0 aromatic carbocycles. The Hall–Kier alpha value is -0.000000000000000111. The molecule has 0 aliphatic rings. The zero-order chi connectivity index (χ0) is 8.36. The monoisotopic (exact) mass is 206 g/mol. The molecule has 0 bridgehead atoms. The van der Waals surface area contributed by atoms with Gasteiger partial charge in [0, 0.05) is 10.7 Å². The Bertz CT molecular complexity index is 221. The molecule has 0 heterocycles. The van der Waals surface area contributed by atoms with Gasteiger partial charge in [0.2, 0.25) is 9.05 Å². The van der Waals surface area contributed by atoms with E-state index in [1.807, 2.05) is 0 Å². The standard InChI is InChI=1S/C3H4Cl2O4S/c4-2(3(6)7)1-10(5,8)9/h2H,1H2,(H,6,7). The Balaban J connectivity index is 4.06. The summed E-state index contributed by atoms with van der Waals surface area (Å²) in [5.41, 5.74) is 0. The van der Waals surface area contributed by atoms with E-state index in [1.54, 1.807) is 0 Å². The van der Waals surface area contributed by atoms with Gasteiger partial charge in [0.1, 0.15) is 5.38 Å². The van der Waals surface area contributed by atoms with Gasteiger partial charge in [0.15, 0.2) is 0 Å². The maximum absolute atomic E-state index is 10.2. The maximum Gasteiger partial charge on any atom is 0.322 e. The quantitative estimate of drug-likeness (QED) is 0.531. The number of aliphatic carboxylic acids is 1. The minimum atomic E-state index is -3.81. The van der Waals surface area contributed by atoms with E-state index in [4.69, 9.17) is 27.4 Å². The molecular formula is C3H4Cl2O4S. The summed E-state index contributed by atoms with van der Waals surface area (Å²) in [5, 5.41) is 6.62. The molecule has 0 saturated carbocycles. The number of carboxylic acid groups (broad SMARTS) is 1. The van der Waals surface area contributed by atoms with Crippen LogP contribution in [-0.2, 0) is 13.8 Å². The van der Waals surface area contributed by atoms with Crippen LogP contribution >= 0.6 is 22.3 Å². The number of carboxylic acids is 1. The SMILES string of the molecule is O=C(O)C(Cl)CS(=O)(=O)Cl. The second-order valence-corrected chi connectivity index (χ2v) is 4.86. The molecule has 0 fully saturated rings. The van der Waals surface area contributed by atoms with Crippen LogP contribution in [-0.4, -0.2) is 30.6 Å². The van der Waals surface area contributed by atoms with Gasteiger partial charge in [-0.15, -0.1) is 11.6 Å². The van der Waals surface area contributed by atoms with Crippen LogP contribution in [0.3, 0.4) is 0 Å². The molecule has 0 saturated heterocycles. The molecule has 0 aliphatic carbocycles. The third-order valence-electron chi connectivity index (χ3n) is 0.613. The third kappa shape index (κ3) is 4.84. The first-order valence-corrected chi connectivity index (χ1v) is 5.03. The average molecular weight is 207 g/mol. The highest BCUT2D eigenvalue weighted by molar-refractivity contribution is 8.13. The van der Waals surface area contributed by atoms with Gasteiger partial charge in [-0.3, -0.25) is 4.79 Å². The molecule has 0 aromatic heterocycles. The number of carbonyl (C=O) groups is 1. The van der Waals surface area contributed by atoms with E-state index in [1.165, 1.54) is 0 Å². The molecule has 0 amide bonds. The van der Waals surface area contributed by atoms with Crippen LogP contribution in [0.2, 0.25) is 0 Å². The predicted molar refractivity (Wildman–Crippen MR) is 36.9 cm³/mol. The second-order valence-electron chi connectivity index (χ2n) is 1.51. The van der Waals surface area contributed by atoms with Crippen LogP contribution < -0.4 is 0 Å². The van der Waals surface area contributed by atoms with E-state index in [2.05, 4.69) is 0 Å². The maximum atomic E-state index is 10.2. The molecule has 0 rings (SSSR count). The molecule has 60 valence electrons. The molecule has 0 aliphatic heterocycles. The van der Waals surface area contributed by atoms with Crippen molar-refractivity contribution in [3.63, 3.8) is 0 Å². The van der Waals surface area contributed by atoms with Crippen molar-refractivity contribution in [2.24, 2.45) is 0 Å².